The van der Waals surface area contributed by atoms with E-state index in [0.717, 1.165) is 11.4 Å². The van der Waals surface area contributed by atoms with Crippen molar-refractivity contribution in [3.63, 3.8) is 0 Å². The van der Waals surface area contributed by atoms with Gasteiger partial charge in [0.1, 0.15) is 10.5 Å². The highest BCUT2D eigenvalue weighted by Crippen LogP contribution is 2.24. The van der Waals surface area contributed by atoms with Crippen LogP contribution in [-0.4, -0.2) is 20.8 Å². The van der Waals surface area contributed by atoms with E-state index >= 15 is 0 Å². The molecule has 0 aliphatic heterocycles. The van der Waals surface area contributed by atoms with Crippen molar-refractivity contribution in [3.05, 3.63) is 42.1 Å². The van der Waals surface area contributed by atoms with Crippen molar-refractivity contribution in [1.29, 1.82) is 0 Å². The van der Waals surface area contributed by atoms with Crippen LogP contribution in [0, 0.1) is 0 Å². The number of hydrogen-bond donors (Lipinski definition) is 1. The molecule has 5 heteroatoms. The van der Waals surface area contributed by atoms with Crippen LogP contribution in [0.25, 0.3) is 0 Å². The monoisotopic (exact) mass is 249 g/mol. The van der Waals surface area contributed by atoms with E-state index < -0.39 is 0 Å². The molecular formula is C12H15N3OS. The fourth-order valence-corrected chi connectivity index (χ4v) is 2.16. The highest BCUT2D eigenvalue weighted by Gasteiger charge is 2.10. The molecule has 1 N–H and O–H groups in total. The largest absolute Gasteiger partial charge is 0.363 e. The lowest BCUT2D eigenvalue weighted by Gasteiger charge is -2.13. The first-order chi connectivity index (χ1) is 8.38. The van der Waals surface area contributed by atoms with Gasteiger partial charge in [0.05, 0.1) is 12.8 Å². The van der Waals surface area contributed by atoms with Gasteiger partial charge in [0.15, 0.2) is 0 Å². The first-order valence-corrected chi connectivity index (χ1v) is 6.44. The van der Waals surface area contributed by atoms with Crippen LogP contribution in [0.1, 0.15) is 18.9 Å². The summed E-state index contributed by atoms with van der Waals surface area (Å²) in [5.41, 5.74) is 1.30. The van der Waals surface area contributed by atoms with Crippen molar-refractivity contribution < 1.29 is 4.74 Å². The Hall–Kier alpha value is -1.33. The van der Waals surface area contributed by atoms with Crippen LogP contribution in [0.15, 0.2) is 41.6 Å². The molecular weight excluding hydrogens is 234 g/mol. The Kier molecular flexibility index (Phi) is 4.58. The average molecular weight is 249 g/mol. The van der Waals surface area contributed by atoms with Crippen molar-refractivity contribution in [2.75, 3.05) is 0 Å². The Morgan fingerprint density at radius 1 is 1.35 bits per heavy atom. The van der Waals surface area contributed by atoms with E-state index in [1.54, 1.807) is 18.0 Å². The minimum Gasteiger partial charge on any atom is -0.363 e. The second-order valence-electron chi connectivity index (χ2n) is 3.56. The van der Waals surface area contributed by atoms with Gasteiger partial charge in [0.2, 0.25) is 0 Å². The first kappa shape index (κ1) is 12.1. The molecule has 1 aromatic heterocycles. The third-order valence-corrected chi connectivity index (χ3v) is 3.43. The number of nitrogens with zero attached hydrogens (tertiary/aromatic N) is 2. The lowest BCUT2D eigenvalue weighted by atomic mass is 10.2. The van der Waals surface area contributed by atoms with E-state index in [9.17, 15) is 0 Å². The van der Waals surface area contributed by atoms with Gasteiger partial charge in [-0.15, -0.1) is 5.10 Å². The minimum absolute atomic E-state index is 0.111. The van der Waals surface area contributed by atoms with Gasteiger partial charge < -0.3 is 4.74 Å². The van der Waals surface area contributed by atoms with Crippen LogP contribution < -0.4 is 0 Å². The third-order valence-electron chi connectivity index (χ3n) is 2.26. The zero-order valence-corrected chi connectivity index (χ0v) is 10.5. The topological polar surface area (TPSA) is 50.8 Å². The zero-order valence-electron chi connectivity index (χ0n) is 9.67. The van der Waals surface area contributed by atoms with E-state index in [1.807, 2.05) is 18.2 Å². The number of H-pyrrole nitrogens is 1. The summed E-state index contributed by atoms with van der Waals surface area (Å²) in [5.74, 6) is 0. The van der Waals surface area contributed by atoms with E-state index in [1.165, 1.54) is 5.56 Å². The molecule has 2 aromatic rings. The minimum atomic E-state index is 0.111. The number of aromatic amines is 1. The highest BCUT2D eigenvalue weighted by atomic mass is 32.2. The molecule has 1 atom stereocenters. The summed E-state index contributed by atoms with van der Waals surface area (Å²) >= 11 is 1.59. The lowest BCUT2D eigenvalue weighted by molar-refractivity contribution is 0.0966. The normalized spacial score (nSPS) is 12.5. The Morgan fingerprint density at radius 2 is 2.18 bits per heavy atom. The van der Waals surface area contributed by atoms with Gasteiger partial charge in [0, 0.05) is 0 Å². The fourth-order valence-electron chi connectivity index (χ4n) is 1.38. The summed E-state index contributed by atoms with van der Waals surface area (Å²) in [6, 6.07) is 10.2. The Labute approximate surface area is 105 Å². The molecule has 17 heavy (non-hydrogen) atoms. The Morgan fingerprint density at radius 3 is 2.82 bits per heavy atom. The molecule has 0 radical (unpaired) electrons. The van der Waals surface area contributed by atoms with E-state index in [0.29, 0.717) is 6.61 Å². The van der Waals surface area contributed by atoms with Gasteiger partial charge in [-0.3, -0.25) is 0 Å². The van der Waals surface area contributed by atoms with Gasteiger partial charge in [0.25, 0.3) is 0 Å². The molecule has 0 bridgehead atoms. The Balaban J connectivity index is 1.84. The fraction of sp³-hybridized carbons (Fsp3) is 0.333. The maximum absolute atomic E-state index is 5.83. The van der Waals surface area contributed by atoms with Crippen molar-refractivity contribution >= 4 is 11.8 Å². The van der Waals surface area contributed by atoms with E-state index in [4.69, 9.17) is 4.74 Å². The number of rotatable bonds is 6. The number of nitrogens with one attached hydrogen (secondary N) is 1. The second kappa shape index (κ2) is 6.42. The molecule has 0 amide bonds. The molecule has 0 aliphatic rings. The van der Waals surface area contributed by atoms with Crippen LogP contribution >= 0.6 is 11.8 Å². The summed E-state index contributed by atoms with van der Waals surface area (Å²) in [7, 11) is 0. The molecule has 90 valence electrons. The average Bonchev–Trinajstić information content (AvgIpc) is 2.88. The van der Waals surface area contributed by atoms with Gasteiger partial charge in [-0.05, 0) is 12.0 Å². The lowest BCUT2D eigenvalue weighted by Crippen LogP contribution is -2.07. The van der Waals surface area contributed by atoms with Crippen molar-refractivity contribution in [2.45, 2.75) is 30.4 Å². The van der Waals surface area contributed by atoms with Gasteiger partial charge in [-0.1, -0.05) is 49.0 Å². The predicted molar refractivity (Wildman–Crippen MR) is 67.5 cm³/mol. The number of ether oxygens (including phenoxy) is 1. The molecule has 0 spiro atoms. The van der Waals surface area contributed by atoms with Crippen LogP contribution in [0.2, 0.25) is 0 Å². The van der Waals surface area contributed by atoms with Crippen LogP contribution in [0.5, 0.6) is 0 Å². The molecule has 2 rings (SSSR count). The smallest absolute Gasteiger partial charge is 0.141 e. The van der Waals surface area contributed by atoms with E-state index in [2.05, 4.69) is 34.5 Å². The maximum Gasteiger partial charge on any atom is 0.141 e. The molecule has 0 saturated carbocycles. The quantitative estimate of drug-likeness (QED) is 0.632. The molecule has 0 aliphatic carbocycles. The maximum atomic E-state index is 5.83. The molecule has 1 unspecified atom stereocenters. The standard InChI is InChI=1S/C12H15N3OS/c1-2-12(17-11-8-13-15-14-11)16-9-10-6-4-3-5-7-10/h3-8,12H,2,9H2,1H3,(H,13,14,15). The molecule has 0 fully saturated rings. The molecule has 1 aromatic carbocycles. The van der Waals surface area contributed by atoms with Crippen LogP contribution in [0.3, 0.4) is 0 Å². The van der Waals surface area contributed by atoms with Gasteiger partial charge >= 0.3 is 0 Å². The van der Waals surface area contributed by atoms with Crippen LogP contribution in [-0.2, 0) is 11.3 Å². The third kappa shape index (κ3) is 3.87. The van der Waals surface area contributed by atoms with Gasteiger partial charge in [-0.25, -0.2) is 0 Å². The molecule has 0 saturated heterocycles. The predicted octanol–water partition coefficient (Wildman–Crippen LogP) is 2.85. The molecule has 4 nitrogen and oxygen atoms in total. The molecule has 1 heterocycles. The summed E-state index contributed by atoms with van der Waals surface area (Å²) in [5, 5.41) is 11.2. The summed E-state index contributed by atoms with van der Waals surface area (Å²) in [4.78, 5) is 0. The summed E-state index contributed by atoms with van der Waals surface area (Å²) < 4.78 is 5.83. The van der Waals surface area contributed by atoms with Crippen molar-refractivity contribution in [3.8, 4) is 0 Å². The number of thioether (sulfide) groups is 1. The van der Waals surface area contributed by atoms with Crippen LogP contribution in [0.4, 0.5) is 0 Å². The SMILES string of the molecule is CCC(OCc1ccccc1)Sc1cn[nH]n1. The highest BCUT2D eigenvalue weighted by molar-refractivity contribution is 7.99. The van der Waals surface area contributed by atoms with Crippen molar-refractivity contribution in [2.24, 2.45) is 0 Å². The Bertz CT molecular complexity index is 419. The van der Waals surface area contributed by atoms with Gasteiger partial charge in [-0.2, -0.15) is 10.3 Å². The number of benzene rings is 1. The van der Waals surface area contributed by atoms with Crippen molar-refractivity contribution in [1.82, 2.24) is 15.4 Å². The number of aromatic nitrogens is 3. The second-order valence-corrected chi connectivity index (χ2v) is 4.74. The summed E-state index contributed by atoms with van der Waals surface area (Å²) in [6.07, 6.45) is 2.64. The summed E-state index contributed by atoms with van der Waals surface area (Å²) in [6.45, 7) is 2.73. The van der Waals surface area contributed by atoms with E-state index in [-0.39, 0.29) is 5.44 Å². The zero-order chi connectivity index (χ0) is 11.9. The number of hydrogen-bond acceptors (Lipinski definition) is 4. The first-order valence-electron chi connectivity index (χ1n) is 5.56.